The summed E-state index contributed by atoms with van der Waals surface area (Å²) in [6, 6.07) is 8.11. The molecule has 70 valence electrons. The molecule has 0 saturated heterocycles. The number of halogens is 1. The lowest BCUT2D eigenvalue weighted by atomic mass is 9.64. The van der Waals surface area contributed by atoms with Crippen LogP contribution in [-0.2, 0) is 5.41 Å². The first kappa shape index (κ1) is 9.04. The number of benzene rings is 1. The highest BCUT2D eigenvalue weighted by molar-refractivity contribution is 6.30. The first-order valence-corrected chi connectivity index (χ1v) is 5.11. The van der Waals surface area contributed by atoms with E-state index >= 15 is 0 Å². The molecule has 2 N–H and O–H groups in total. The van der Waals surface area contributed by atoms with E-state index in [0.717, 1.165) is 11.6 Å². The van der Waals surface area contributed by atoms with Crippen LogP contribution in [0, 0.1) is 0 Å². The Kier molecular flexibility index (Phi) is 2.31. The molecule has 2 rings (SSSR count). The number of nitrogens with two attached hydrogens (primary N) is 1. The van der Waals surface area contributed by atoms with Gasteiger partial charge in [0.25, 0.3) is 0 Å². The molecular weight excluding hydrogens is 182 g/mol. The molecule has 0 aliphatic heterocycles. The van der Waals surface area contributed by atoms with E-state index < -0.39 is 0 Å². The number of rotatable bonds is 2. The summed E-state index contributed by atoms with van der Waals surface area (Å²) in [7, 11) is 0. The van der Waals surface area contributed by atoms with Crippen molar-refractivity contribution in [2.24, 2.45) is 5.73 Å². The van der Waals surface area contributed by atoms with Gasteiger partial charge in [0.15, 0.2) is 0 Å². The van der Waals surface area contributed by atoms with Crippen LogP contribution in [0.1, 0.15) is 24.8 Å². The van der Waals surface area contributed by atoms with Crippen LogP contribution in [0.5, 0.6) is 0 Å². The minimum Gasteiger partial charge on any atom is -0.330 e. The van der Waals surface area contributed by atoms with Crippen molar-refractivity contribution in [3.63, 3.8) is 0 Å². The van der Waals surface area contributed by atoms with Crippen LogP contribution in [0.4, 0.5) is 0 Å². The average Bonchev–Trinajstić information content (AvgIpc) is 2.07. The minimum atomic E-state index is 0.268. The van der Waals surface area contributed by atoms with Gasteiger partial charge in [-0.1, -0.05) is 30.2 Å². The molecule has 0 heterocycles. The zero-order valence-corrected chi connectivity index (χ0v) is 8.35. The van der Waals surface area contributed by atoms with Crippen molar-refractivity contribution in [3.8, 4) is 0 Å². The molecule has 0 aromatic heterocycles. The predicted molar refractivity (Wildman–Crippen MR) is 56.0 cm³/mol. The molecule has 1 fully saturated rings. The molecule has 1 aliphatic carbocycles. The van der Waals surface area contributed by atoms with Crippen molar-refractivity contribution in [1.29, 1.82) is 0 Å². The Morgan fingerprint density at radius 3 is 2.23 bits per heavy atom. The number of hydrogen-bond donors (Lipinski definition) is 1. The summed E-state index contributed by atoms with van der Waals surface area (Å²) < 4.78 is 0. The second-order valence-electron chi connectivity index (χ2n) is 3.84. The Balaban J connectivity index is 2.28. The van der Waals surface area contributed by atoms with Gasteiger partial charge >= 0.3 is 0 Å². The van der Waals surface area contributed by atoms with Crippen molar-refractivity contribution in [2.45, 2.75) is 24.7 Å². The highest BCUT2D eigenvalue weighted by atomic mass is 35.5. The summed E-state index contributed by atoms with van der Waals surface area (Å²) in [5.74, 6) is 0. The van der Waals surface area contributed by atoms with E-state index in [1.165, 1.54) is 24.8 Å². The second kappa shape index (κ2) is 3.32. The summed E-state index contributed by atoms with van der Waals surface area (Å²) in [5.41, 5.74) is 7.43. The highest BCUT2D eigenvalue weighted by Crippen LogP contribution is 2.42. The fraction of sp³-hybridized carbons (Fsp3) is 0.455. The van der Waals surface area contributed by atoms with Gasteiger partial charge in [0.1, 0.15) is 0 Å². The molecular formula is C11H14ClN. The van der Waals surface area contributed by atoms with Crippen LogP contribution in [0.25, 0.3) is 0 Å². The molecule has 0 unspecified atom stereocenters. The van der Waals surface area contributed by atoms with Gasteiger partial charge in [0.05, 0.1) is 0 Å². The lowest BCUT2D eigenvalue weighted by molar-refractivity contribution is 0.253. The van der Waals surface area contributed by atoms with E-state index in [1.54, 1.807) is 0 Å². The topological polar surface area (TPSA) is 26.0 Å². The van der Waals surface area contributed by atoms with Gasteiger partial charge in [-0.2, -0.15) is 0 Å². The SMILES string of the molecule is NCC1(c2ccc(Cl)cc2)CCC1. The van der Waals surface area contributed by atoms with E-state index in [1.807, 2.05) is 12.1 Å². The normalized spacial score (nSPS) is 19.5. The van der Waals surface area contributed by atoms with Gasteiger partial charge in [-0.05, 0) is 30.5 Å². The fourth-order valence-electron chi connectivity index (χ4n) is 2.02. The molecule has 1 aliphatic rings. The van der Waals surface area contributed by atoms with Crippen LogP contribution in [0.15, 0.2) is 24.3 Å². The van der Waals surface area contributed by atoms with Crippen LogP contribution in [-0.4, -0.2) is 6.54 Å². The summed E-state index contributed by atoms with van der Waals surface area (Å²) in [6.45, 7) is 0.759. The summed E-state index contributed by atoms with van der Waals surface area (Å²) in [4.78, 5) is 0. The van der Waals surface area contributed by atoms with E-state index in [2.05, 4.69) is 12.1 Å². The zero-order chi connectivity index (χ0) is 9.31. The van der Waals surface area contributed by atoms with Crippen molar-refractivity contribution in [2.75, 3.05) is 6.54 Å². The van der Waals surface area contributed by atoms with Crippen LogP contribution in [0.2, 0.25) is 5.02 Å². The first-order valence-electron chi connectivity index (χ1n) is 4.73. The Morgan fingerprint density at radius 2 is 1.85 bits per heavy atom. The molecule has 0 radical (unpaired) electrons. The standard InChI is InChI=1S/C11H14ClN/c12-10-4-2-9(3-5-10)11(8-13)6-1-7-11/h2-5H,1,6-8,13H2. The molecule has 0 atom stereocenters. The molecule has 2 heteroatoms. The second-order valence-corrected chi connectivity index (χ2v) is 4.28. The van der Waals surface area contributed by atoms with Crippen LogP contribution in [0.3, 0.4) is 0 Å². The molecule has 1 aromatic carbocycles. The van der Waals surface area contributed by atoms with Crippen molar-refractivity contribution >= 4 is 11.6 Å². The summed E-state index contributed by atoms with van der Waals surface area (Å²) in [5, 5.41) is 0.801. The summed E-state index contributed by atoms with van der Waals surface area (Å²) >= 11 is 5.83. The van der Waals surface area contributed by atoms with Gasteiger partial charge in [0, 0.05) is 17.0 Å². The third-order valence-electron chi connectivity index (χ3n) is 3.16. The predicted octanol–water partition coefficient (Wildman–Crippen LogP) is 2.72. The Morgan fingerprint density at radius 1 is 1.23 bits per heavy atom. The van der Waals surface area contributed by atoms with Crippen molar-refractivity contribution in [3.05, 3.63) is 34.9 Å². The number of hydrogen-bond acceptors (Lipinski definition) is 1. The lowest BCUT2D eigenvalue weighted by Gasteiger charge is -2.41. The van der Waals surface area contributed by atoms with Crippen LogP contribution < -0.4 is 5.73 Å². The molecule has 1 nitrogen and oxygen atoms in total. The third kappa shape index (κ3) is 1.47. The zero-order valence-electron chi connectivity index (χ0n) is 7.59. The smallest absolute Gasteiger partial charge is 0.0406 e. The van der Waals surface area contributed by atoms with E-state index in [9.17, 15) is 0 Å². The van der Waals surface area contributed by atoms with Gasteiger partial charge in [-0.3, -0.25) is 0 Å². The maximum atomic E-state index is 5.83. The maximum absolute atomic E-state index is 5.83. The molecule has 0 bridgehead atoms. The Hall–Kier alpha value is -0.530. The highest BCUT2D eigenvalue weighted by Gasteiger charge is 2.36. The Labute approximate surface area is 83.9 Å². The van der Waals surface area contributed by atoms with E-state index in [4.69, 9.17) is 17.3 Å². The lowest BCUT2D eigenvalue weighted by Crippen LogP contribution is -2.41. The van der Waals surface area contributed by atoms with Gasteiger partial charge in [0.2, 0.25) is 0 Å². The monoisotopic (exact) mass is 195 g/mol. The molecule has 0 spiro atoms. The van der Waals surface area contributed by atoms with Gasteiger partial charge in [-0.25, -0.2) is 0 Å². The van der Waals surface area contributed by atoms with Crippen LogP contribution >= 0.6 is 11.6 Å². The largest absolute Gasteiger partial charge is 0.330 e. The molecule has 1 aromatic rings. The minimum absolute atomic E-state index is 0.268. The molecule has 13 heavy (non-hydrogen) atoms. The van der Waals surface area contributed by atoms with E-state index in [0.29, 0.717) is 0 Å². The quantitative estimate of drug-likeness (QED) is 0.772. The Bertz CT molecular complexity index is 282. The van der Waals surface area contributed by atoms with Gasteiger partial charge in [-0.15, -0.1) is 0 Å². The first-order chi connectivity index (χ1) is 6.27. The third-order valence-corrected chi connectivity index (χ3v) is 3.41. The molecule has 0 amide bonds. The average molecular weight is 196 g/mol. The maximum Gasteiger partial charge on any atom is 0.0406 e. The van der Waals surface area contributed by atoms with Crippen molar-refractivity contribution < 1.29 is 0 Å². The summed E-state index contributed by atoms with van der Waals surface area (Å²) in [6.07, 6.45) is 3.76. The van der Waals surface area contributed by atoms with Crippen molar-refractivity contribution in [1.82, 2.24) is 0 Å². The van der Waals surface area contributed by atoms with E-state index in [-0.39, 0.29) is 5.41 Å². The fourth-order valence-corrected chi connectivity index (χ4v) is 2.14. The van der Waals surface area contributed by atoms with Gasteiger partial charge < -0.3 is 5.73 Å². The molecule has 1 saturated carbocycles.